The van der Waals surface area contributed by atoms with Crippen LogP contribution in [0.1, 0.15) is 5.56 Å². The van der Waals surface area contributed by atoms with Crippen molar-refractivity contribution in [2.75, 3.05) is 0 Å². The molecular formula is C13H9N3O4. The van der Waals surface area contributed by atoms with E-state index in [0.29, 0.717) is 11.1 Å². The van der Waals surface area contributed by atoms with Crippen molar-refractivity contribution in [2.45, 2.75) is 6.92 Å². The smallest absolute Gasteiger partial charge is 0.407 e. The number of rotatable bonds is 2. The monoisotopic (exact) mass is 271 g/mol. The van der Waals surface area contributed by atoms with Gasteiger partial charge in [0.15, 0.2) is 5.58 Å². The van der Waals surface area contributed by atoms with Crippen molar-refractivity contribution in [3.63, 3.8) is 0 Å². The van der Waals surface area contributed by atoms with E-state index >= 15 is 0 Å². The van der Waals surface area contributed by atoms with Gasteiger partial charge in [-0.3, -0.25) is 10.1 Å². The summed E-state index contributed by atoms with van der Waals surface area (Å²) in [6.45, 7) is 1.89. The molecule has 20 heavy (non-hydrogen) atoms. The summed E-state index contributed by atoms with van der Waals surface area (Å²) in [5, 5.41) is 10.6. The lowest BCUT2D eigenvalue weighted by Crippen LogP contribution is -2.13. The first-order valence-corrected chi connectivity index (χ1v) is 5.79. The molecule has 0 aliphatic rings. The summed E-state index contributed by atoms with van der Waals surface area (Å²) in [6, 6.07) is 8.05. The number of pyridine rings is 1. The largest absolute Gasteiger partial charge is 0.425 e. The summed E-state index contributed by atoms with van der Waals surface area (Å²) in [5.74, 6) is -0.296. The Kier molecular flexibility index (Phi) is 2.60. The van der Waals surface area contributed by atoms with E-state index < -0.39 is 10.7 Å². The van der Waals surface area contributed by atoms with Crippen LogP contribution in [0.2, 0.25) is 0 Å². The van der Waals surface area contributed by atoms with E-state index in [0.717, 1.165) is 11.8 Å². The van der Waals surface area contributed by atoms with Gasteiger partial charge in [-0.1, -0.05) is 6.07 Å². The van der Waals surface area contributed by atoms with Crippen LogP contribution in [0.15, 0.2) is 45.7 Å². The van der Waals surface area contributed by atoms with E-state index in [9.17, 15) is 14.9 Å². The van der Waals surface area contributed by atoms with E-state index in [2.05, 4.69) is 4.98 Å². The zero-order chi connectivity index (χ0) is 14.3. The van der Waals surface area contributed by atoms with Crippen LogP contribution < -0.4 is 5.76 Å². The van der Waals surface area contributed by atoms with E-state index in [-0.39, 0.29) is 11.5 Å². The summed E-state index contributed by atoms with van der Waals surface area (Å²) in [7, 11) is 0. The highest BCUT2D eigenvalue weighted by Crippen LogP contribution is 2.18. The van der Waals surface area contributed by atoms with Crippen molar-refractivity contribution in [3.8, 4) is 5.82 Å². The molecule has 0 unspecified atom stereocenters. The predicted octanol–water partition coefficient (Wildman–Crippen LogP) is 2.20. The first-order valence-electron chi connectivity index (χ1n) is 5.79. The third kappa shape index (κ3) is 1.85. The number of benzene rings is 1. The molecule has 0 radical (unpaired) electrons. The van der Waals surface area contributed by atoms with Gasteiger partial charge < -0.3 is 4.42 Å². The van der Waals surface area contributed by atoms with Crippen LogP contribution in [0.5, 0.6) is 0 Å². The SMILES string of the molecule is Cc1ccc2c(c1)oc(=O)n2-c1ccc([N+](=O)[O-])cn1. The summed E-state index contributed by atoms with van der Waals surface area (Å²) in [4.78, 5) is 25.9. The van der Waals surface area contributed by atoms with Gasteiger partial charge in [0.1, 0.15) is 12.0 Å². The molecule has 0 spiro atoms. The highest BCUT2D eigenvalue weighted by atomic mass is 16.6. The molecule has 0 bridgehead atoms. The fourth-order valence-corrected chi connectivity index (χ4v) is 1.96. The third-order valence-electron chi connectivity index (χ3n) is 2.91. The predicted molar refractivity (Wildman–Crippen MR) is 71.0 cm³/mol. The van der Waals surface area contributed by atoms with Gasteiger partial charge in [0, 0.05) is 6.07 Å². The maximum Gasteiger partial charge on any atom is 0.425 e. The van der Waals surface area contributed by atoms with Gasteiger partial charge >= 0.3 is 5.76 Å². The van der Waals surface area contributed by atoms with Crippen molar-refractivity contribution < 1.29 is 9.34 Å². The van der Waals surface area contributed by atoms with E-state index in [4.69, 9.17) is 4.42 Å². The van der Waals surface area contributed by atoms with Crippen LogP contribution in [0, 0.1) is 17.0 Å². The highest BCUT2D eigenvalue weighted by Gasteiger charge is 2.13. The van der Waals surface area contributed by atoms with Gasteiger partial charge in [-0.2, -0.15) is 0 Å². The average molecular weight is 271 g/mol. The Labute approximate surface area is 112 Å². The van der Waals surface area contributed by atoms with Gasteiger partial charge in [-0.25, -0.2) is 14.3 Å². The number of hydrogen-bond acceptors (Lipinski definition) is 5. The minimum atomic E-state index is -0.577. The van der Waals surface area contributed by atoms with E-state index in [1.165, 1.54) is 16.7 Å². The molecule has 2 aromatic heterocycles. The van der Waals surface area contributed by atoms with Gasteiger partial charge in [0.2, 0.25) is 0 Å². The molecule has 1 aromatic carbocycles. The lowest BCUT2D eigenvalue weighted by molar-refractivity contribution is -0.385. The van der Waals surface area contributed by atoms with Crippen molar-refractivity contribution in [1.82, 2.24) is 9.55 Å². The van der Waals surface area contributed by atoms with Crippen molar-refractivity contribution in [2.24, 2.45) is 0 Å². The highest BCUT2D eigenvalue weighted by molar-refractivity contribution is 5.75. The van der Waals surface area contributed by atoms with Gasteiger partial charge in [-0.05, 0) is 30.7 Å². The van der Waals surface area contributed by atoms with Crippen molar-refractivity contribution in [1.29, 1.82) is 0 Å². The van der Waals surface area contributed by atoms with Crippen LogP contribution >= 0.6 is 0 Å². The quantitative estimate of drug-likeness (QED) is 0.526. The Morgan fingerprint density at radius 2 is 2.10 bits per heavy atom. The number of hydrogen-bond donors (Lipinski definition) is 0. The van der Waals surface area contributed by atoms with Gasteiger partial charge in [-0.15, -0.1) is 0 Å². The Morgan fingerprint density at radius 3 is 2.75 bits per heavy atom. The average Bonchev–Trinajstić information content (AvgIpc) is 2.73. The number of nitrogens with zero attached hydrogens (tertiary/aromatic N) is 3. The first-order chi connectivity index (χ1) is 9.56. The molecule has 0 fully saturated rings. The normalized spacial score (nSPS) is 10.8. The first kappa shape index (κ1) is 12.1. The summed E-state index contributed by atoms with van der Waals surface area (Å²) in [5.41, 5.74) is 1.86. The number of oxazole rings is 1. The molecule has 100 valence electrons. The van der Waals surface area contributed by atoms with Crippen LogP contribution in [-0.2, 0) is 0 Å². The molecule has 3 rings (SSSR count). The zero-order valence-corrected chi connectivity index (χ0v) is 10.4. The topological polar surface area (TPSA) is 91.2 Å². The molecule has 0 aliphatic carbocycles. The number of fused-ring (bicyclic) bond motifs is 1. The molecule has 7 heteroatoms. The molecule has 2 heterocycles. The van der Waals surface area contributed by atoms with Crippen molar-refractivity contribution in [3.05, 3.63) is 62.8 Å². The van der Waals surface area contributed by atoms with Crippen LogP contribution in [0.25, 0.3) is 16.9 Å². The molecule has 0 aliphatic heterocycles. The molecule has 3 aromatic rings. The molecule has 0 atom stereocenters. The fraction of sp³-hybridized carbons (Fsp3) is 0.0769. The Balaban J connectivity index is 2.21. The lowest BCUT2D eigenvalue weighted by atomic mass is 10.2. The molecule has 0 saturated carbocycles. The van der Waals surface area contributed by atoms with Gasteiger partial charge in [0.25, 0.3) is 5.69 Å². The Hall–Kier alpha value is -2.96. The fourth-order valence-electron chi connectivity index (χ4n) is 1.96. The lowest BCUT2D eigenvalue weighted by Gasteiger charge is -2.00. The second-order valence-corrected chi connectivity index (χ2v) is 4.31. The molecule has 7 nitrogen and oxygen atoms in total. The number of aryl methyl sites for hydroxylation is 1. The van der Waals surface area contributed by atoms with Crippen LogP contribution in [0.3, 0.4) is 0 Å². The maximum atomic E-state index is 11.9. The minimum Gasteiger partial charge on any atom is -0.407 e. The second-order valence-electron chi connectivity index (χ2n) is 4.31. The molecule has 0 N–H and O–H groups in total. The minimum absolute atomic E-state index is 0.134. The molecular weight excluding hydrogens is 262 g/mol. The van der Waals surface area contributed by atoms with Crippen LogP contribution in [-0.4, -0.2) is 14.5 Å². The van der Waals surface area contributed by atoms with Gasteiger partial charge in [0.05, 0.1) is 10.4 Å². The summed E-state index contributed by atoms with van der Waals surface area (Å²) < 4.78 is 6.42. The van der Waals surface area contributed by atoms with Crippen molar-refractivity contribution >= 4 is 16.8 Å². The standard InChI is InChI=1S/C13H9N3O4/c1-8-2-4-10-11(6-8)20-13(17)15(10)12-5-3-9(7-14-12)16(18)19/h2-7H,1H3. The Bertz CT molecular complexity index is 861. The number of nitro groups is 1. The van der Waals surface area contributed by atoms with Crippen LogP contribution in [0.4, 0.5) is 5.69 Å². The summed E-state index contributed by atoms with van der Waals surface area (Å²) >= 11 is 0. The third-order valence-corrected chi connectivity index (χ3v) is 2.91. The Morgan fingerprint density at radius 1 is 1.30 bits per heavy atom. The molecule has 0 saturated heterocycles. The molecule has 0 amide bonds. The van der Waals surface area contributed by atoms with E-state index in [1.54, 1.807) is 12.1 Å². The number of aromatic nitrogens is 2. The maximum absolute atomic E-state index is 11.9. The zero-order valence-electron chi connectivity index (χ0n) is 10.4. The summed E-state index contributed by atoms with van der Waals surface area (Å²) in [6.07, 6.45) is 1.11. The second kappa shape index (κ2) is 4.30. The van der Waals surface area contributed by atoms with E-state index in [1.807, 2.05) is 13.0 Å².